The summed E-state index contributed by atoms with van der Waals surface area (Å²) in [5.41, 5.74) is 0. The first-order valence-electron chi connectivity index (χ1n) is 15.8. The molecule has 0 aromatic rings. The van der Waals surface area contributed by atoms with E-state index in [9.17, 15) is 0 Å². The summed E-state index contributed by atoms with van der Waals surface area (Å²) in [6.07, 6.45) is 40.9. The average Bonchev–Trinajstić information content (AvgIpc) is 2.83. The quantitative estimate of drug-likeness (QED) is 0.0919. The fourth-order valence-corrected chi connectivity index (χ4v) is 5.72. The molecular weight excluding hydrogens is 416 g/mol. The number of hydrogen-bond donors (Lipinski definition) is 0. The highest BCUT2D eigenvalue weighted by molar-refractivity contribution is 8.01. The molecule has 0 heterocycles. The first-order valence-corrected chi connectivity index (χ1v) is 16.9. The lowest BCUT2D eigenvalue weighted by molar-refractivity contribution is 0.516. The standard InChI is InChI=1S/C32H65S/c1-3-5-7-8-9-10-11-12-13-14-15-16-17-18-19-20-21-22-23-24-25-26-27-28-29-30-32-33-31-6-4-2/h32H,3-31H2,1-2H3. The van der Waals surface area contributed by atoms with Gasteiger partial charge in [0, 0.05) is 5.75 Å². The van der Waals surface area contributed by atoms with Crippen LogP contribution < -0.4 is 0 Å². The molecule has 0 aromatic carbocycles. The van der Waals surface area contributed by atoms with Crippen LogP contribution in [0.4, 0.5) is 0 Å². The van der Waals surface area contributed by atoms with E-state index < -0.39 is 0 Å². The average molecular weight is 482 g/mol. The van der Waals surface area contributed by atoms with Crippen LogP contribution in [-0.4, -0.2) is 5.75 Å². The van der Waals surface area contributed by atoms with E-state index >= 15 is 0 Å². The Bertz CT molecular complexity index is 284. The van der Waals surface area contributed by atoms with Gasteiger partial charge >= 0.3 is 0 Å². The van der Waals surface area contributed by atoms with Crippen molar-refractivity contribution in [2.24, 2.45) is 0 Å². The molecule has 0 atom stereocenters. The van der Waals surface area contributed by atoms with Crippen molar-refractivity contribution in [3.8, 4) is 0 Å². The maximum Gasteiger partial charge on any atom is 0.0166 e. The fourth-order valence-electron chi connectivity index (χ4n) is 4.76. The van der Waals surface area contributed by atoms with Gasteiger partial charge in [0.1, 0.15) is 0 Å². The minimum Gasteiger partial charge on any atom is -0.157 e. The monoisotopic (exact) mass is 481 g/mol. The van der Waals surface area contributed by atoms with E-state index in [1.54, 1.807) is 0 Å². The topological polar surface area (TPSA) is 0 Å². The van der Waals surface area contributed by atoms with Crippen molar-refractivity contribution in [1.82, 2.24) is 0 Å². The van der Waals surface area contributed by atoms with E-state index in [1.807, 2.05) is 11.8 Å². The second kappa shape index (κ2) is 32.4. The van der Waals surface area contributed by atoms with Crippen molar-refractivity contribution in [3.05, 3.63) is 5.75 Å². The number of unbranched alkanes of at least 4 members (excludes halogenated alkanes) is 26. The van der Waals surface area contributed by atoms with Crippen LogP contribution in [0.3, 0.4) is 0 Å². The predicted molar refractivity (Wildman–Crippen MR) is 157 cm³/mol. The Morgan fingerprint density at radius 2 is 0.606 bits per heavy atom. The molecule has 0 saturated carbocycles. The van der Waals surface area contributed by atoms with Gasteiger partial charge in [0.15, 0.2) is 0 Å². The first-order chi connectivity index (χ1) is 16.4. The molecule has 0 spiro atoms. The van der Waals surface area contributed by atoms with E-state index in [0.29, 0.717) is 0 Å². The predicted octanol–water partition coefficient (Wildman–Crippen LogP) is 12.8. The minimum atomic E-state index is 1.33. The molecule has 0 fully saturated rings. The zero-order chi connectivity index (χ0) is 23.9. The lowest BCUT2D eigenvalue weighted by atomic mass is 10.0. The summed E-state index contributed by atoms with van der Waals surface area (Å²) in [5.74, 6) is 3.78. The largest absolute Gasteiger partial charge is 0.157 e. The Balaban J connectivity index is 2.99. The molecule has 0 aliphatic heterocycles. The summed E-state index contributed by atoms with van der Waals surface area (Å²) in [5, 5.41) is 0. The Morgan fingerprint density at radius 3 is 0.909 bits per heavy atom. The molecule has 1 radical (unpaired) electrons. The normalized spacial score (nSPS) is 11.5. The summed E-state index contributed by atoms with van der Waals surface area (Å²) in [6.45, 7) is 4.59. The van der Waals surface area contributed by atoms with Gasteiger partial charge in [0.25, 0.3) is 0 Å². The van der Waals surface area contributed by atoms with Gasteiger partial charge in [0.05, 0.1) is 0 Å². The molecule has 199 valence electrons. The summed E-state index contributed by atoms with van der Waals surface area (Å²) in [4.78, 5) is 0. The highest BCUT2D eigenvalue weighted by Gasteiger charge is 1.96. The van der Waals surface area contributed by atoms with E-state index in [0.717, 1.165) is 0 Å². The summed E-state index contributed by atoms with van der Waals surface area (Å²) in [6, 6.07) is 0. The maximum absolute atomic E-state index is 2.45. The Kier molecular flexibility index (Phi) is 32.7. The van der Waals surface area contributed by atoms with Crippen LogP contribution in [0.5, 0.6) is 0 Å². The Labute approximate surface area is 216 Å². The molecule has 0 saturated heterocycles. The maximum atomic E-state index is 2.45. The van der Waals surface area contributed by atoms with Crippen molar-refractivity contribution < 1.29 is 0 Å². The van der Waals surface area contributed by atoms with Gasteiger partial charge in [-0.15, -0.1) is 0 Å². The molecule has 0 rings (SSSR count). The Hall–Kier alpha value is 0.350. The van der Waals surface area contributed by atoms with E-state index in [1.165, 1.54) is 186 Å². The number of hydrogen-bond acceptors (Lipinski definition) is 1. The van der Waals surface area contributed by atoms with Crippen molar-refractivity contribution in [3.63, 3.8) is 0 Å². The van der Waals surface area contributed by atoms with Crippen molar-refractivity contribution in [2.75, 3.05) is 5.75 Å². The highest BCUT2D eigenvalue weighted by Crippen LogP contribution is 2.17. The smallest absolute Gasteiger partial charge is 0.0166 e. The molecular formula is C32H65S. The zero-order valence-electron chi connectivity index (χ0n) is 23.5. The van der Waals surface area contributed by atoms with Crippen LogP contribution in [0.25, 0.3) is 0 Å². The van der Waals surface area contributed by atoms with Crippen molar-refractivity contribution in [1.29, 1.82) is 0 Å². The second-order valence-electron chi connectivity index (χ2n) is 10.7. The molecule has 0 bridgehead atoms. The highest BCUT2D eigenvalue weighted by atomic mass is 32.2. The zero-order valence-corrected chi connectivity index (χ0v) is 24.3. The molecule has 0 N–H and O–H groups in total. The summed E-state index contributed by atoms with van der Waals surface area (Å²) >= 11 is 2.05. The number of thioether (sulfide) groups is 1. The minimum absolute atomic E-state index is 1.33. The van der Waals surface area contributed by atoms with Gasteiger partial charge in [-0.25, -0.2) is 0 Å². The second-order valence-corrected chi connectivity index (χ2v) is 11.7. The third-order valence-corrected chi connectivity index (χ3v) is 8.15. The molecule has 33 heavy (non-hydrogen) atoms. The van der Waals surface area contributed by atoms with Gasteiger partial charge in [0.2, 0.25) is 0 Å². The fraction of sp³-hybridized carbons (Fsp3) is 0.969. The van der Waals surface area contributed by atoms with Crippen molar-refractivity contribution >= 4 is 11.8 Å². The molecule has 1 heteroatoms. The van der Waals surface area contributed by atoms with Crippen LogP contribution in [-0.2, 0) is 0 Å². The SMILES string of the molecule is CCCCCCCCCCCCCCCCCCCCCCCCCCC[CH]SCCCC. The van der Waals surface area contributed by atoms with Gasteiger partial charge in [-0.1, -0.05) is 181 Å². The Morgan fingerprint density at radius 1 is 0.333 bits per heavy atom. The third-order valence-electron chi connectivity index (χ3n) is 7.16. The van der Waals surface area contributed by atoms with Crippen LogP contribution in [0.1, 0.15) is 194 Å². The number of rotatable bonds is 30. The summed E-state index contributed by atoms with van der Waals surface area (Å²) < 4.78 is 0. The van der Waals surface area contributed by atoms with Crippen LogP contribution in [0, 0.1) is 5.75 Å². The van der Waals surface area contributed by atoms with Gasteiger partial charge in [-0.3, -0.25) is 0 Å². The molecule has 0 aromatic heterocycles. The van der Waals surface area contributed by atoms with Crippen LogP contribution >= 0.6 is 11.8 Å². The van der Waals surface area contributed by atoms with E-state index in [-0.39, 0.29) is 0 Å². The molecule has 0 aliphatic rings. The van der Waals surface area contributed by atoms with Gasteiger partial charge < -0.3 is 0 Å². The van der Waals surface area contributed by atoms with Gasteiger partial charge in [-0.05, 0) is 18.6 Å². The first kappa shape index (κ1) is 33.4. The van der Waals surface area contributed by atoms with Crippen LogP contribution in [0.15, 0.2) is 0 Å². The molecule has 0 nitrogen and oxygen atoms in total. The summed E-state index contributed by atoms with van der Waals surface area (Å²) in [7, 11) is 0. The third kappa shape index (κ3) is 32.4. The van der Waals surface area contributed by atoms with E-state index in [4.69, 9.17) is 0 Å². The molecule has 0 amide bonds. The molecule has 0 aliphatic carbocycles. The van der Waals surface area contributed by atoms with Crippen LogP contribution in [0.2, 0.25) is 0 Å². The lowest BCUT2D eigenvalue weighted by Crippen LogP contribution is -1.85. The van der Waals surface area contributed by atoms with Gasteiger partial charge in [-0.2, -0.15) is 11.8 Å². The molecule has 0 unspecified atom stereocenters. The lowest BCUT2D eigenvalue weighted by Gasteiger charge is -2.04. The van der Waals surface area contributed by atoms with E-state index in [2.05, 4.69) is 19.6 Å². The van der Waals surface area contributed by atoms with Crippen molar-refractivity contribution in [2.45, 2.75) is 194 Å².